The first kappa shape index (κ1) is 43.8. The van der Waals surface area contributed by atoms with Crippen molar-refractivity contribution in [2.75, 3.05) is 66.5 Å². The van der Waals surface area contributed by atoms with E-state index in [-0.39, 0.29) is 23.5 Å². The number of ether oxygens (including phenoxy) is 2. The predicted molar refractivity (Wildman–Crippen MR) is 240 cm³/mol. The van der Waals surface area contributed by atoms with Crippen LogP contribution in [-0.2, 0) is 22.3 Å². The van der Waals surface area contributed by atoms with E-state index in [0.717, 1.165) is 89.4 Å². The molecule has 0 bridgehead atoms. The van der Waals surface area contributed by atoms with Crippen molar-refractivity contribution < 1.29 is 13.9 Å². The van der Waals surface area contributed by atoms with Gasteiger partial charge < -0.3 is 29.1 Å². The van der Waals surface area contributed by atoms with Crippen LogP contribution < -0.4 is 0 Å². The lowest BCUT2D eigenvalue weighted by atomic mass is 9.88. The third kappa shape index (κ3) is 10.9. The number of hydrogen-bond acceptors (Lipinski definition) is 7. The molecule has 8 rings (SSSR count). The topological polar surface area (TPSA) is 67.6 Å². The van der Waals surface area contributed by atoms with Gasteiger partial charge in [0, 0.05) is 19.6 Å². The summed E-state index contributed by atoms with van der Waals surface area (Å²) >= 11 is 0. The van der Waals surface area contributed by atoms with Gasteiger partial charge in [-0.15, -0.1) is 0 Å². The Kier molecular flexibility index (Phi) is 15.6. The van der Waals surface area contributed by atoms with E-state index < -0.39 is 0 Å². The van der Waals surface area contributed by atoms with Crippen LogP contribution in [0.4, 0.5) is 4.39 Å². The summed E-state index contributed by atoms with van der Waals surface area (Å²) in [7, 11) is 4.32. The molecule has 4 aliphatic rings. The van der Waals surface area contributed by atoms with E-state index >= 15 is 0 Å². The Bertz CT molecular complexity index is 2000. The highest BCUT2D eigenvalue weighted by Gasteiger charge is 2.44. The smallest absolute Gasteiger partial charge is 0.288 e. The molecule has 1 spiro atoms. The molecule has 316 valence electrons. The number of amidine groups is 2. The molecule has 59 heavy (non-hydrogen) atoms. The minimum Gasteiger partial charge on any atom is -0.465 e. The van der Waals surface area contributed by atoms with Crippen molar-refractivity contribution in [2.24, 2.45) is 4.99 Å². The first-order chi connectivity index (χ1) is 28.7. The maximum absolute atomic E-state index is 14.0. The van der Waals surface area contributed by atoms with Crippen molar-refractivity contribution in [1.29, 1.82) is 5.41 Å². The normalized spacial score (nSPS) is 21.0. The summed E-state index contributed by atoms with van der Waals surface area (Å²) in [4.78, 5) is 13.9. The zero-order chi connectivity index (χ0) is 41.8. The van der Waals surface area contributed by atoms with Crippen molar-refractivity contribution in [1.82, 2.24) is 19.6 Å². The molecule has 4 aromatic rings. The maximum atomic E-state index is 14.0. The van der Waals surface area contributed by atoms with Crippen LogP contribution in [0.2, 0.25) is 0 Å². The Morgan fingerprint density at radius 2 is 1.54 bits per heavy atom. The Balaban J connectivity index is 0.000000190. The molecule has 0 saturated carbocycles. The van der Waals surface area contributed by atoms with Crippen LogP contribution in [0.15, 0.2) is 102 Å². The van der Waals surface area contributed by atoms with Gasteiger partial charge in [-0.3, -0.25) is 5.41 Å². The number of hydrogen-bond donors (Lipinski definition) is 1. The Labute approximate surface area is 353 Å². The minimum atomic E-state index is -0.208. The fourth-order valence-electron chi connectivity index (χ4n) is 9.18. The van der Waals surface area contributed by atoms with Crippen LogP contribution in [0.5, 0.6) is 0 Å². The van der Waals surface area contributed by atoms with Crippen LogP contribution in [0.3, 0.4) is 0 Å². The van der Waals surface area contributed by atoms with E-state index in [1.165, 1.54) is 45.9 Å². The molecular formula is C50H67FN6O2. The molecule has 0 amide bonds. The van der Waals surface area contributed by atoms with Crippen molar-refractivity contribution in [3.63, 3.8) is 0 Å². The summed E-state index contributed by atoms with van der Waals surface area (Å²) < 4.78 is 26.5. The summed E-state index contributed by atoms with van der Waals surface area (Å²) in [6.45, 7) is 15.5. The molecule has 1 N–H and O–H groups in total. The highest BCUT2D eigenvalue weighted by Crippen LogP contribution is 2.39. The van der Waals surface area contributed by atoms with E-state index in [1.54, 1.807) is 12.1 Å². The fourth-order valence-corrected chi connectivity index (χ4v) is 9.18. The van der Waals surface area contributed by atoms with Gasteiger partial charge in [0.1, 0.15) is 11.4 Å². The largest absolute Gasteiger partial charge is 0.465 e. The number of nitrogens with one attached hydrogen (secondary N) is 1. The maximum Gasteiger partial charge on any atom is 0.288 e. The number of aryl methyl sites for hydroxylation is 1. The van der Waals surface area contributed by atoms with Crippen LogP contribution in [0.25, 0.3) is 0 Å². The van der Waals surface area contributed by atoms with Crippen molar-refractivity contribution >= 4 is 12.0 Å². The average Bonchev–Trinajstić information content (AvgIpc) is 3.65. The lowest BCUT2D eigenvalue weighted by molar-refractivity contribution is 0.000257. The monoisotopic (exact) mass is 803 g/mol. The van der Waals surface area contributed by atoms with Gasteiger partial charge in [0.05, 0.1) is 25.2 Å². The molecule has 1 fully saturated rings. The molecule has 8 nitrogen and oxygen atoms in total. The van der Waals surface area contributed by atoms with E-state index in [4.69, 9.17) is 19.9 Å². The van der Waals surface area contributed by atoms with Gasteiger partial charge in [0.25, 0.3) is 12.0 Å². The van der Waals surface area contributed by atoms with Gasteiger partial charge in [-0.05, 0) is 131 Å². The number of aliphatic imine (C=N–C) groups is 1. The van der Waals surface area contributed by atoms with E-state index in [9.17, 15) is 4.39 Å². The SMILES string of the molecule is CC.CCCN(C)CCCCOC(=N)N1CCc2ccccc2[C@H]1c1cccc(C)c1.CN1CCC[C@@]2(CN=C(N3CCc4ccccc4[C@H]3c3cccc(F)c3)O2)C1. The zero-order valence-electron chi connectivity index (χ0n) is 36.4. The molecular weight excluding hydrogens is 736 g/mol. The summed E-state index contributed by atoms with van der Waals surface area (Å²) in [5.74, 6) is -0.208. The van der Waals surface area contributed by atoms with Gasteiger partial charge in [-0.2, -0.15) is 0 Å². The molecule has 0 aromatic heterocycles. The van der Waals surface area contributed by atoms with Crippen molar-refractivity contribution in [2.45, 2.75) is 90.3 Å². The standard InChI is InChI=1S/C25H35N3O.C23H26FN3O.C2H6/c1-4-15-27(3)16-7-8-18-29-25(26)28-17-14-21-11-5-6-13-23(21)24(28)22-12-9-10-20(2)19-22;1-26-12-5-11-23(16-26)15-25-22(28-23)27-13-10-17-6-2-3-9-20(17)21(27)18-7-4-8-19(24)14-18;1-2/h5-6,9-13,19,24,26H,4,7-8,14-18H2,1-3H3;2-4,6-9,14,21H,5,10-13,15-16H2,1H3;1-2H3/t24-;21-,23-;/m11./s1. The summed E-state index contributed by atoms with van der Waals surface area (Å²) in [5.41, 5.74) is 8.42. The lowest BCUT2D eigenvalue weighted by Gasteiger charge is -2.41. The van der Waals surface area contributed by atoms with E-state index in [0.29, 0.717) is 19.2 Å². The van der Waals surface area contributed by atoms with Crippen LogP contribution in [0.1, 0.15) is 104 Å². The second-order valence-corrected chi connectivity index (χ2v) is 16.4. The van der Waals surface area contributed by atoms with Crippen LogP contribution in [-0.4, -0.2) is 104 Å². The molecule has 0 aliphatic carbocycles. The quantitative estimate of drug-likeness (QED) is 0.103. The summed E-state index contributed by atoms with van der Waals surface area (Å²) in [6.07, 6.45) is 7.34. The number of likely N-dealkylation sites (N-methyl/N-ethyl adjacent to an activating group) is 1. The fraction of sp³-hybridized carbons (Fsp3) is 0.480. The lowest BCUT2D eigenvalue weighted by Crippen LogP contribution is -2.51. The number of halogens is 1. The van der Waals surface area contributed by atoms with E-state index in [2.05, 4.69) is 120 Å². The summed E-state index contributed by atoms with van der Waals surface area (Å²) in [5, 5.41) is 8.64. The van der Waals surface area contributed by atoms with Crippen LogP contribution >= 0.6 is 0 Å². The van der Waals surface area contributed by atoms with Gasteiger partial charge in [0.15, 0.2) is 0 Å². The Hall–Kier alpha value is -4.73. The number of fused-ring (bicyclic) bond motifs is 2. The predicted octanol–water partition coefficient (Wildman–Crippen LogP) is 9.67. The number of rotatable bonds is 9. The molecule has 3 atom stereocenters. The number of piperidine rings is 1. The van der Waals surface area contributed by atoms with Crippen molar-refractivity contribution in [3.8, 4) is 0 Å². The number of nitrogens with zero attached hydrogens (tertiary/aromatic N) is 5. The van der Waals surface area contributed by atoms with Gasteiger partial charge in [0.2, 0.25) is 0 Å². The van der Waals surface area contributed by atoms with Gasteiger partial charge >= 0.3 is 0 Å². The highest BCUT2D eigenvalue weighted by molar-refractivity contribution is 5.78. The molecule has 9 heteroatoms. The number of benzene rings is 4. The van der Waals surface area contributed by atoms with Gasteiger partial charge in [-0.25, -0.2) is 9.38 Å². The highest BCUT2D eigenvalue weighted by atomic mass is 19.1. The first-order valence-electron chi connectivity index (χ1n) is 22.1. The molecule has 4 heterocycles. The molecule has 4 aromatic carbocycles. The van der Waals surface area contributed by atoms with E-state index in [1.807, 2.05) is 19.9 Å². The Morgan fingerprint density at radius 1 is 0.864 bits per heavy atom. The summed E-state index contributed by atoms with van der Waals surface area (Å²) in [6, 6.07) is 33.6. The third-order valence-electron chi connectivity index (χ3n) is 11.9. The second kappa shape index (κ2) is 21.0. The molecule has 0 radical (unpaired) electrons. The average molecular weight is 803 g/mol. The molecule has 4 aliphatic heterocycles. The van der Waals surface area contributed by atoms with Crippen LogP contribution in [0, 0.1) is 18.2 Å². The first-order valence-corrected chi connectivity index (χ1v) is 22.1. The number of unbranched alkanes of at least 4 members (excludes halogenated alkanes) is 1. The number of likely N-dealkylation sites (tertiary alicyclic amines) is 1. The third-order valence-corrected chi connectivity index (χ3v) is 11.9. The van der Waals surface area contributed by atoms with Gasteiger partial charge in [-0.1, -0.05) is 111 Å². The second-order valence-electron chi connectivity index (χ2n) is 16.4. The minimum absolute atomic E-state index is 0.0445. The molecule has 1 saturated heterocycles. The Morgan fingerprint density at radius 3 is 2.24 bits per heavy atom. The zero-order valence-corrected chi connectivity index (χ0v) is 36.4. The molecule has 0 unspecified atom stereocenters. The van der Waals surface area contributed by atoms with Crippen molar-refractivity contribution in [3.05, 3.63) is 142 Å².